The van der Waals surface area contributed by atoms with E-state index in [-0.39, 0.29) is 30.9 Å². The molecule has 0 spiro atoms. The Labute approximate surface area is 206 Å². The normalized spacial score (nSPS) is 19.2. The SMILES string of the molecule is CCC1C(C(=O)O)CCN1C(=O)CCC(C)(C)NC(=O)OCC1c2ccccc2-c2ccccc21. The van der Waals surface area contributed by atoms with E-state index in [1.54, 1.807) is 4.90 Å². The first-order valence-corrected chi connectivity index (χ1v) is 12.4. The summed E-state index contributed by atoms with van der Waals surface area (Å²) in [7, 11) is 0. The zero-order valence-electron chi connectivity index (χ0n) is 20.6. The Morgan fingerprint density at radius 3 is 2.23 bits per heavy atom. The standard InChI is InChI=1S/C28H34N2O5/c1-4-24-22(26(32)33)14-16-30(24)25(31)13-15-28(2,3)29-27(34)35-17-23-20-11-7-5-9-18(20)19-10-6-8-12-21(19)23/h5-12,22-24H,4,13-17H2,1-3H3,(H,29,34)(H,32,33). The molecule has 2 aliphatic rings. The molecule has 1 fully saturated rings. The van der Waals surface area contributed by atoms with E-state index < -0.39 is 23.5 Å². The number of rotatable bonds is 8. The van der Waals surface area contributed by atoms with Crippen LogP contribution in [0.5, 0.6) is 0 Å². The van der Waals surface area contributed by atoms with Gasteiger partial charge in [-0.05, 0) is 55.4 Å². The van der Waals surface area contributed by atoms with Gasteiger partial charge in [-0.25, -0.2) is 4.79 Å². The minimum Gasteiger partial charge on any atom is -0.481 e. The van der Waals surface area contributed by atoms with Crippen molar-refractivity contribution in [3.05, 3.63) is 59.7 Å². The summed E-state index contributed by atoms with van der Waals surface area (Å²) in [5.41, 5.74) is 4.01. The van der Waals surface area contributed by atoms with E-state index in [1.165, 1.54) is 11.1 Å². The zero-order valence-corrected chi connectivity index (χ0v) is 20.6. The summed E-state index contributed by atoms with van der Waals surface area (Å²) in [6, 6.07) is 16.1. The average Bonchev–Trinajstić information content (AvgIpc) is 3.41. The Balaban J connectivity index is 1.31. The van der Waals surface area contributed by atoms with Crippen LogP contribution in [-0.2, 0) is 14.3 Å². The van der Waals surface area contributed by atoms with Gasteiger partial charge in [0, 0.05) is 30.5 Å². The van der Waals surface area contributed by atoms with E-state index in [2.05, 4.69) is 29.6 Å². The number of hydrogen-bond acceptors (Lipinski definition) is 4. The van der Waals surface area contributed by atoms with Gasteiger partial charge in [0.15, 0.2) is 0 Å². The maximum Gasteiger partial charge on any atom is 0.407 e. The van der Waals surface area contributed by atoms with E-state index in [9.17, 15) is 19.5 Å². The highest BCUT2D eigenvalue weighted by Crippen LogP contribution is 2.44. The van der Waals surface area contributed by atoms with E-state index >= 15 is 0 Å². The number of likely N-dealkylation sites (tertiary alicyclic amines) is 1. The second-order valence-electron chi connectivity index (χ2n) is 10.1. The maximum atomic E-state index is 12.8. The first-order chi connectivity index (χ1) is 16.7. The molecule has 35 heavy (non-hydrogen) atoms. The van der Waals surface area contributed by atoms with Crippen molar-refractivity contribution < 1.29 is 24.2 Å². The fourth-order valence-corrected chi connectivity index (χ4v) is 5.49. The Hall–Kier alpha value is -3.35. The highest BCUT2D eigenvalue weighted by molar-refractivity contribution is 5.80. The predicted molar refractivity (Wildman–Crippen MR) is 133 cm³/mol. The van der Waals surface area contributed by atoms with E-state index in [1.807, 2.05) is 45.0 Å². The molecule has 4 rings (SSSR count). The van der Waals surface area contributed by atoms with Gasteiger partial charge in [0.05, 0.1) is 5.92 Å². The van der Waals surface area contributed by atoms with Crippen LogP contribution in [-0.4, -0.2) is 52.7 Å². The minimum atomic E-state index is -0.843. The fourth-order valence-electron chi connectivity index (χ4n) is 5.49. The Kier molecular flexibility index (Phi) is 7.15. The number of hydrogen-bond donors (Lipinski definition) is 2. The number of alkyl carbamates (subject to hydrolysis) is 1. The van der Waals surface area contributed by atoms with Gasteiger partial charge in [-0.1, -0.05) is 55.5 Å². The van der Waals surface area contributed by atoms with E-state index in [0.717, 1.165) is 11.1 Å². The molecule has 0 aromatic heterocycles. The lowest BCUT2D eigenvalue weighted by Crippen LogP contribution is -2.45. The molecule has 2 atom stereocenters. The number of carbonyl (C=O) groups is 3. The van der Waals surface area contributed by atoms with Crippen LogP contribution >= 0.6 is 0 Å². The van der Waals surface area contributed by atoms with Gasteiger partial charge in [0.2, 0.25) is 5.91 Å². The van der Waals surface area contributed by atoms with E-state index in [4.69, 9.17) is 4.74 Å². The van der Waals surface area contributed by atoms with E-state index in [0.29, 0.717) is 25.8 Å². The number of carbonyl (C=O) groups excluding carboxylic acids is 2. The number of aliphatic carboxylic acids is 1. The van der Waals surface area contributed by atoms with Gasteiger partial charge >= 0.3 is 12.1 Å². The van der Waals surface area contributed by atoms with Crippen LogP contribution in [0.2, 0.25) is 0 Å². The van der Waals surface area contributed by atoms with Crippen molar-refractivity contribution in [3.63, 3.8) is 0 Å². The number of carboxylic acids is 1. The number of benzene rings is 2. The monoisotopic (exact) mass is 478 g/mol. The lowest BCUT2D eigenvalue weighted by atomic mass is 9.96. The smallest absolute Gasteiger partial charge is 0.407 e. The van der Waals surface area contributed by atoms with Crippen molar-refractivity contribution in [2.45, 2.75) is 64.0 Å². The molecule has 0 bridgehead atoms. The van der Waals surface area contributed by atoms with Gasteiger partial charge in [-0.15, -0.1) is 0 Å². The van der Waals surface area contributed by atoms with Crippen molar-refractivity contribution in [1.82, 2.24) is 10.2 Å². The number of fused-ring (bicyclic) bond motifs is 3. The third kappa shape index (κ3) is 5.19. The van der Waals surface area contributed by atoms with Gasteiger partial charge < -0.3 is 20.1 Å². The van der Waals surface area contributed by atoms with Crippen molar-refractivity contribution in [2.75, 3.05) is 13.2 Å². The molecule has 1 aliphatic heterocycles. The van der Waals surface area contributed by atoms with Crippen LogP contribution in [0.15, 0.2) is 48.5 Å². The van der Waals surface area contributed by atoms with Crippen LogP contribution in [0.4, 0.5) is 4.79 Å². The number of nitrogens with one attached hydrogen (secondary N) is 1. The van der Waals surface area contributed by atoms with Crippen molar-refractivity contribution in [1.29, 1.82) is 0 Å². The topological polar surface area (TPSA) is 95.9 Å². The molecule has 2 aromatic carbocycles. The maximum absolute atomic E-state index is 12.8. The first kappa shape index (κ1) is 24.8. The number of amides is 2. The number of carboxylic acid groups (broad SMARTS) is 1. The molecule has 2 unspecified atom stereocenters. The molecule has 186 valence electrons. The Bertz CT molecular complexity index is 1070. The van der Waals surface area contributed by atoms with Gasteiger partial charge in [0.1, 0.15) is 6.61 Å². The summed E-state index contributed by atoms with van der Waals surface area (Å²) >= 11 is 0. The summed E-state index contributed by atoms with van der Waals surface area (Å²) in [6.07, 6.45) is 1.26. The molecule has 1 aliphatic carbocycles. The zero-order chi connectivity index (χ0) is 25.2. The number of nitrogens with zero attached hydrogens (tertiary/aromatic N) is 1. The van der Waals surface area contributed by atoms with Gasteiger partial charge in [-0.3, -0.25) is 9.59 Å². The molecule has 2 aromatic rings. The molecule has 0 saturated carbocycles. The quantitative estimate of drug-likeness (QED) is 0.568. The second kappa shape index (κ2) is 10.1. The second-order valence-corrected chi connectivity index (χ2v) is 10.1. The average molecular weight is 479 g/mol. The minimum absolute atomic E-state index is 0.0128. The van der Waals surface area contributed by atoms with Gasteiger partial charge in [0.25, 0.3) is 0 Å². The summed E-state index contributed by atoms with van der Waals surface area (Å²) in [5.74, 6) is -1.43. The molecule has 0 radical (unpaired) electrons. The lowest BCUT2D eigenvalue weighted by Gasteiger charge is -2.29. The molecule has 1 heterocycles. The van der Waals surface area contributed by atoms with Crippen LogP contribution in [0.1, 0.15) is 63.5 Å². The third-order valence-electron chi connectivity index (χ3n) is 7.35. The summed E-state index contributed by atoms with van der Waals surface area (Å²) in [6.45, 7) is 6.34. The molecule has 2 amide bonds. The van der Waals surface area contributed by atoms with Crippen LogP contribution < -0.4 is 5.32 Å². The molecule has 7 heteroatoms. The molecular weight excluding hydrogens is 444 g/mol. The summed E-state index contributed by atoms with van der Waals surface area (Å²) in [5, 5.41) is 12.3. The van der Waals surface area contributed by atoms with Crippen molar-refractivity contribution >= 4 is 18.0 Å². The lowest BCUT2D eigenvalue weighted by molar-refractivity contribution is -0.143. The summed E-state index contributed by atoms with van der Waals surface area (Å²) in [4.78, 5) is 38.7. The highest BCUT2D eigenvalue weighted by atomic mass is 16.5. The predicted octanol–water partition coefficient (Wildman–Crippen LogP) is 4.80. The van der Waals surface area contributed by atoms with Crippen LogP contribution in [0, 0.1) is 5.92 Å². The molecular formula is C28H34N2O5. The largest absolute Gasteiger partial charge is 0.481 e. The van der Waals surface area contributed by atoms with Gasteiger partial charge in [-0.2, -0.15) is 0 Å². The van der Waals surface area contributed by atoms with Crippen molar-refractivity contribution in [2.24, 2.45) is 5.92 Å². The molecule has 2 N–H and O–H groups in total. The fraction of sp³-hybridized carbons (Fsp3) is 0.464. The molecule has 7 nitrogen and oxygen atoms in total. The van der Waals surface area contributed by atoms with Crippen LogP contribution in [0.25, 0.3) is 11.1 Å². The Morgan fingerprint density at radius 1 is 1.06 bits per heavy atom. The number of ether oxygens (including phenoxy) is 1. The summed E-state index contributed by atoms with van der Waals surface area (Å²) < 4.78 is 5.65. The first-order valence-electron chi connectivity index (χ1n) is 12.4. The van der Waals surface area contributed by atoms with Crippen LogP contribution in [0.3, 0.4) is 0 Å². The highest BCUT2D eigenvalue weighted by Gasteiger charge is 2.40. The van der Waals surface area contributed by atoms with Crippen molar-refractivity contribution in [3.8, 4) is 11.1 Å². The Morgan fingerprint density at radius 2 is 1.66 bits per heavy atom. The molecule has 1 saturated heterocycles. The third-order valence-corrected chi connectivity index (χ3v) is 7.35.